The molecule has 0 spiro atoms. The van der Waals surface area contributed by atoms with Crippen molar-refractivity contribution in [2.75, 3.05) is 11.9 Å². The zero-order valence-electron chi connectivity index (χ0n) is 8.50. The van der Waals surface area contributed by atoms with Gasteiger partial charge in [0.15, 0.2) is 0 Å². The summed E-state index contributed by atoms with van der Waals surface area (Å²) in [7, 11) is 0. The minimum absolute atomic E-state index is 0.0260. The van der Waals surface area contributed by atoms with Gasteiger partial charge in [0.2, 0.25) is 0 Å². The summed E-state index contributed by atoms with van der Waals surface area (Å²) in [6, 6.07) is 3.01. The molecule has 0 aromatic heterocycles. The van der Waals surface area contributed by atoms with Crippen LogP contribution in [0.25, 0.3) is 0 Å². The fraction of sp³-hybridized carbons (Fsp3) is 0.364. The van der Waals surface area contributed by atoms with Gasteiger partial charge in [0, 0.05) is 12.7 Å². The lowest BCUT2D eigenvalue weighted by atomic mass is 10.2. The van der Waals surface area contributed by atoms with Crippen molar-refractivity contribution in [3.63, 3.8) is 0 Å². The van der Waals surface area contributed by atoms with Crippen molar-refractivity contribution in [2.24, 2.45) is 0 Å². The largest absolute Gasteiger partial charge is 0.368 e. The summed E-state index contributed by atoms with van der Waals surface area (Å²) in [5.41, 5.74) is -0.0260. The van der Waals surface area contributed by atoms with Gasteiger partial charge in [-0.15, -0.1) is 0 Å². The van der Waals surface area contributed by atoms with Crippen molar-refractivity contribution < 1.29 is 18.3 Å². The topological polar surface area (TPSA) is 38.3 Å². The first-order chi connectivity index (χ1) is 7.66. The SMILES string of the molecule is O=C(Nc1ccc(F)cc1F)[C@H]1CCCO1. The van der Waals surface area contributed by atoms with Crippen molar-refractivity contribution in [2.45, 2.75) is 18.9 Å². The number of nitrogens with one attached hydrogen (secondary N) is 1. The number of ether oxygens (including phenoxy) is 1. The third kappa shape index (κ3) is 2.36. The quantitative estimate of drug-likeness (QED) is 0.840. The third-order valence-corrected chi connectivity index (χ3v) is 2.41. The summed E-state index contributed by atoms with van der Waals surface area (Å²) in [5.74, 6) is -1.85. The molecule has 3 nitrogen and oxygen atoms in total. The van der Waals surface area contributed by atoms with Crippen LogP contribution in [0.5, 0.6) is 0 Å². The second kappa shape index (κ2) is 4.57. The highest BCUT2D eigenvalue weighted by Gasteiger charge is 2.24. The van der Waals surface area contributed by atoms with Crippen molar-refractivity contribution >= 4 is 11.6 Å². The zero-order chi connectivity index (χ0) is 11.5. The molecule has 0 unspecified atom stereocenters. The maximum absolute atomic E-state index is 13.2. The third-order valence-electron chi connectivity index (χ3n) is 2.41. The highest BCUT2D eigenvalue weighted by atomic mass is 19.1. The monoisotopic (exact) mass is 227 g/mol. The first-order valence-electron chi connectivity index (χ1n) is 5.04. The smallest absolute Gasteiger partial charge is 0.253 e. The molecule has 1 fully saturated rings. The number of amides is 1. The molecule has 0 bridgehead atoms. The van der Waals surface area contributed by atoms with E-state index in [-0.39, 0.29) is 11.6 Å². The predicted octanol–water partition coefficient (Wildman–Crippen LogP) is 2.08. The summed E-state index contributed by atoms with van der Waals surface area (Å²) in [6.07, 6.45) is 0.933. The van der Waals surface area contributed by atoms with E-state index < -0.39 is 17.7 Å². The number of benzene rings is 1. The molecule has 86 valence electrons. The Bertz CT molecular complexity index is 403. The Labute approximate surface area is 91.4 Å². The van der Waals surface area contributed by atoms with Crippen LogP contribution in [0.15, 0.2) is 18.2 Å². The van der Waals surface area contributed by atoms with Crippen LogP contribution < -0.4 is 5.32 Å². The normalized spacial score (nSPS) is 19.8. The molecule has 1 saturated heterocycles. The Morgan fingerprint density at radius 2 is 2.25 bits per heavy atom. The molecule has 1 aliphatic rings. The Hall–Kier alpha value is -1.49. The molecule has 0 radical (unpaired) electrons. The van der Waals surface area contributed by atoms with Gasteiger partial charge in [-0.2, -0.15) is 0 Å². The van der Waals surface area contributed by atoms with Crippen LogP contribution in [-0.4, -0.2) is 18.6 Å². The van der Waals surface area contributed by atoms with E-state index >= 15 is 0 Å². The van der Waals surface area contributed by atoms with Gasteiger partial charge in [0.25, 0.3) is 5.91 Å². The van der Waals surface area contributed by atoms with Gasteiger partial charge in [-0.25, -0.2) is 8.78 Å². The highest BCUT2D eigenvalue weighted by molar-refractivity contribution is 5.94. The van der Waals surface area contributed by atoms with Crippen LogP contribution in [0.4, 0.5) is 14.5 Å². The minimum atomic E-state index is -0.786. The van der Waals surface area contributed by atoms with E-state index in [1.165, 1.54) is 6.07 Å². The van der Waals surface area contributed by atoms with Crippen LogP contribution in [0.2, 0.25) is 0 Å². The molecule has 1 heterocycles. The van der Waals surface area contributed by atoms with Gasteiger partial charge in [0.05, 0.1) is 5.69 Å². The van der Waals surface area contributed by atoms with Crippen LogP contribution in [-0.2, 0) is 9.53 Å². The maximum atomic E-state index is 13.2. The number of anilines is 1. The van der Waals surface area contributed by atoms with E-state index in [4.69, 9.17) is 4.74 Å². The van der Waals surface area contributed by atoms with Crippen LogP contribution >= 0.6 is 0 Å². The second-order valence-corrected chi connectivity index (χ2v) is 3.62. The van der Waals surface area contributed by atoms with Gasteiger partial charge in [-0.3, -0.25) is 4.79 Å². The Balaban J connectivity index is 2.05. The standard InChI is InChI=1S/C11H11F2NO2/c12-7-3-4-9(8(13)6-7)14-11(15)10-2-1-5-16-10/h3-4,6,10H,1-2,5H2,(H,14,15)/t10-/m1/s1. The van der Waals surface area contributed by atoms with E-state index in [2.05, 4.69) is 5.32 Å². The number of hydrogen-bond donors (Lipinski definition) is 1. The molecule has 0 aliphatic carbocycles. The van der Waals surface area contributed by atoms with Crippen molar-refractivity contribution in [1.82, 2.24) is 0 Å². The summed E-state index contributed by atoms with van der Waals surface area (Å²) >= 11 is 0. The van der Waals surface area contributed by atoms with Crippen molar-refractivity contribution in [1.29, 1.82) is 0 Å². The lowest BCUT2D eigenvalue weighted by molar-refractivity contribution is -0.124. The molecule has 1 N–H and O–H groups in total. The molecule has 1 atom stereocenters. The number of carbonyl (C=O) groups is 1. The van der Waals surface area contributed by atoms with Crippen LogP contribution in [0.1, 0.15) is 12.8 Å². The maximum Gasteiger partial charge on any atom is 0.253 e. The lowest BCUT2D eigenvalue weighted by Crippen LogP contribution is -2.27. The molecule has 2 rings (SSSR count). The first-order valence-corrected chi connectivity index (χ1v) is 5.04. The number of carbonyl (C=O) groups excluding carboxylic acids is 1. The number of hydrogen-bond acceptors (Lipinski definition) is 2. The van der Waals surface area contributed by atoms with E-state index in [1.54, 1.807) is 0 Å². The molecular formula is C11H11F2NO2. The minimum Gasteiger partial charge on any atom is -0.368 e. The molecule has 1 aromatic rings. The van der Waals surface area contributed by atoms with Gasteiger partial charge >= 0.3 is 0 Å². The van der Waals surface area contributed by atoms with Gasteiger partial charge in [-0.1, -0.05) is 0 Å². The fourth-order valence-corrected chi connectivity index (χ4v) is 1.59. The summed E-state index contributed by atoms with van der Waals surface area (Å²) < 4.78 is 31.0. The van der Waals surface area contributed by atoms with E-state index in [0.717, 1.165) is 18.6 Å². The van der Waals surface area contributed by atoms with E-state index in [1.807, 2.05) is 0 Å². The van der Waals surface area contributed by atoms with E-state index in [0.29, 0.717) is 13.0 Å². The highest BCUT2D eigenvalue weighted by Crippen LogP contribution is 2.18. The number of rotatable bonds is 2. The molecule has 0 saturated carbocycles. The molecule has 1 amide bonds. The number of halogens is 2. The van der Waals surface area contributed by atoms with Crippen LogP contribution in [0.3, 0.4) is 0 Å². The predicted molar refractivity (Wildman–Crippen MR) is 54.0 cm³/mol. The summed E-state index contributed by atoms with van der Waals surface area (Å²) in [4.78, 5) is 11.6. The van der Waals surface area contributed by atoms with Crippen molar-refractivity contribution in [3.05, 3.63) is 29.8 Å². The Morgan fingerprint density at radius 1 is 1.44 bits per heavy atom. The average Bonchev–Trinajstić information content (AvgIpc) is 2.75. The molecular weight excluding hydrogens is 216 g/mol. The summed E-state index contributed by atoms with van der Waals surface area (Å²) in [5, 5.41) is 2.37. The van der Waals surface area contributed by atoms with Crippen LogP contribution in [0, 0.1) is 11.6 Å². The van der Waals surface area contributed by atoms with Gasteiger partial charge in [0.1, 0.15) is 17.7 Å². The Kier molecular flexibility index (Phi) is 3.14. The molecule has 16 heavy (non-hydrogen) atoms. The van der Waals surface area contributed by atoms with Gasteiger partial charge in [-0.05, 0) is 25.0 Å². The molecule has 5 heteroatoms. The Morgan fingerprint density at radius 3 is 2.88 bits per heavy atom. The fourth-order valence-electron chi connectivity index (χ4n) is 1.59. The molecule has 1 aromatic carbocycles. The molecule has 1 aliphatic heterocycles. The van der Waals surface area contributed by atoms with Crippen molar-refractivity contribution in [3.8, 4) is 0 Å². The van der Waals surface area contributed by atoms with Gasteiger partial charge < -0.3 is 10.1 Å². The zero-order valence-corrected chi connectivity index (χ0v) is 8.50. The first kappa shape index (κ1) is 11.0. The summed E-state index contributed by atoms with van der Waals surface area (Å²) in [6.45, 7) is 0.546. The lowest BCUT2D eigenvalue weighted by Gasteiger charge is -2.10. The average molecular weight is 227 g/mol. The van der Waals surface area contributed by atoms with E-state index in [9.17, 15) is 13.6 Å². The second-order valence-electron chi connectivity index (χ2n) is 3.62.